The molecule has 0 aliphatic rings. The summed E-state index contributed by atoms with van der Waals surface area (Å²) in [5.41, 5.74) is 2.33. The molecule has 1 amide bonds. The number of amides is 1. The number of nitrogens with one attached hydrogen (secondary N) is 1. The molecule has 0 bridgehead atoms. The van der Waals surface area contributed by atoms with Crippen LogP contribution in [0.1, 0.15) is 50.8 Å². The summed E-state index contributed by atoms with van der Waals surface area (Å²) in [7, 11) is 0. The molecule has 0 radical (unpaired) electrons. The molecule has 0 saturated carbocycles. The lowest BCUT2D eigenvalue weighted by molar-refractivity contribution is -0.157. The summed E-state index contributed by atoms with van der Waals surface area (Å²) >= 11 is 1.45. The lowest BCUT2D eigenvalue weighted by Crippen LogP contribution is -2.46. The Bertz CT molecular complexity index is 1110. The van der Waals surface area contributed by atoms with Crippen molar-refractivity contribution >= 4 is 29.6 Å². The fourth-order valence-electron chi connectivity index (χ4n) is 4.19. The van der Waals surface area contributed by atoms with Gasteiger partial charge in [-0.2, -0.15) is 0 Å². The predicted molar refractivity (Wildman–Crippen MR) is 151 cm³/mol. The molecule has 3 rings (SSSR count). The van der Waals surface area contributed by atoms with Crippen LogP contribution in [-0.4, -0.2) is 40.3 Å². The summed E-state index contributed by atoms with van der Waals surface area (Å²) in [4.78, 5) is 37.4. The number of ether oxygens (including phenoxy) is 1. The van der Waals surface area contributed by atoms with Crippen LogP contribution in [0.15, 0.2) is 91.0 Å². The molecule has 0 heterocycles. The van der Waals surface area contributed by atoms with Gasteiger partial charge in [0.25, 0.3) is 0 Å². The molecule has 38 heavy (non-hydrogen) atoms. The third-order valence-electron chi connectivity index (χ3n) is 5.96. The number of hydrogen-bond donors (Lipinski definition) is 2. The fourth-order valence-corrected chi connectivity index (χ4v) is 5.74. The van der Waals surface area contributed by atoms with Gasteiger partial charge in [0, 0.05) is 11.7 Å². The minimum absolute atomic E-state index is 0.0961. The van der Waals surface area contributed by atoms with E-state index in [2.05, 4.69) is 5.32 Å². The second-order valence-corrected chi connectivity index (χ2v) is 11.4. The third kappa shape index (κ3) is 7.48. The molecule has 7 heteroatoms. The van der Waals surface area contributed by atoms with Crippen LogP contribution in [-0.2, 0) is 23.9 Å². The van der Waals surface area contributed by atoms with Crippen LogP contribution in [0, 0.1) is 5.92 Å². The summed E-state index contributed by atoms with van der Waals surface area (Å²) in [6, 6.07) is 28.6. The van der Waals surface area contributed by atoms with E-state index in [1.807, 2.05) is 91.0 Å². The minimum Gasteiger partial charge on any atom is -0.480 e. The average Bonchev–Trinajstić information content (AvgIpc) is 2.88. The van der Waals surface area contributed by atoms with Gasteiger partial charge in [-0.1, -0.05) is 97.9 Å². The Morgan fingerprint density at radius 3 is 1.61 bits per heavy atom. The van der Waals surface area contributed by atoms with Gasteiger partial charge in [0.15, 0.2) is 0 Å². The van der Waals surface area contributed by atoms with Crippen molar-refractivity contribution in [1.29, 1.82) is 0 Å². The standard InChI is InChI=1S/C31H35NO5S/c1-22(20-27(33)37-30(2,3)4)28(34)32-26(29(35)36)21-38-31(23-14-8-5-9-15-23,24-16-10-6-11-17-24)25-18-12-7-13-19-25/h5-19,22,26H,20-21H2,1-4H3,(H,32,34)(H,35,36)/t22-,26?/m1/s1. The first-order valence-corrected chi connectivity index (χ1v) is 13.6. The molecule has 2 N–H and O–H groups in total. The first kappa shape index (κ1) is 29.0. The zero-order valence-electron chi connectivity index (χ0n) is 22.2. The van der Waals surface area contributed by atoms with E-state index in [4.69, 9.17) is 4.74 Å². The van der Waals surface area contributed by atoms with E-state index < -0.39 is 40.2 Å². The number of benzene rings is 3. The monoisotopic (exact) mass is 533 g/mol. The highest BCUT2D eigenvalue weighted by Crippen LogP contribution is 2.48. The van der Waals surface area contributed by atoms with Crippen LogP contribution < -0.4 is 5.32 Å². The predicted octanol–water partition coefficient (Wildman–Crippen LogP) is 5.65. The summed E-state index contributed by atoms with van der Waals surface area (Å²) < 4.78 is 4.59. The highest BCUT2D eigenvalue weighted by molar-refractivity contribution is 8.00. The first-order valence-electron chi connectivity index (χ1n) is 12.6. The number of thioether (sulfide) groups is 1. The van der Waals surface area contributed by atoms with Crippen LogP contribution in [0.5, 0.6) is 0 Å². The van der Waals surface area contributed by atoms with Gasteiger partial charge in [-0.25, -0.2) is 4.79 Å². The Morgan fingerprint density at radius 2 is 1.24 bits per heavy atom. The SMILES string of the molecule is C[C@H](CC(=O)OC(C)(C)C)C(=O)NC(CSC(c1ccccc1)(c1ccccc1)c1ccccc1)C(=O)O. The number of rotatable bonds is 11. The molecule has 3 aromatic rings. The number of carboxylic acids is 1. The summed E-state index contributed by atoms with van der Waals surface area (Å²) in [5.74, 6) is -2.79. The molecule has 6 nitrogen and oxygen atoms in total. The van der Waals surface area contributed by atoms with Gasteiger partial charge >= 0.3 is 11.9 Å². The number of aliphatic carboxylic acids is 1. The maximum Gasteiger partial charge on any atom is 0.327 e. The van der Waals surface area contributed by atoms with E-state index >= 15 is 0 Å². The molecule has 0 spiro atoms. The van der Waals surface area contributed by atoms with Crippen molar-refractivity contribution in [2.45, 2.75) is 50.5 Å². The molecule has 0 aromatic heterocycles. The van der Waals surface area contributed by atoms with Crippen LogP contribution in [0.2, 0.25) is 0 Å². The van der Waals surface area contributed by atoms with E-state index in [-0.39, 0.29) is 12.2 Å². The van der Waals surface area contributed by atoms with Crippen molar-refractivity contribution in [2.24, 2.45) is 5.92 Å². The smallest absolute Gasteiger partial charge is 0.327 e. The maximum absolute atomic E-state index is 12.9. The van der Waals surface area contributed by atoms with Crippen molar-refractivity contribution < 1.29 is 24.2 Å². The van der Waals surface area contributed by atoms with E-state index in [0.29, 0.717) is 0 Å². The lowest BCUT2D eigenvalue weighted by Gasteiger charge is -2.36. The molecular formula is C31H35NO5S. The number of hydrogen-bond acceptors (Lipinski definition) is 5. The summed E-state index contributed by atoms with van der Waals surface area (Å²) in [6.07, 6.45) is -0.134. The van der Waals surface area contributed by atoms with Gasteiger partial charge in [0.2, 0.25) is 5.91 Å². The van der Waals surface area contributed by atoms with E-state index in [1.165, 1.54) is 11.8 Å². The number of carbonyl (C=O) groups excluding carboxylic acids is 2. The first-order chi connectivity index (χ1) is 18.0. The maximum atomic E-state index is 12.9. The van der Waals surface area contributed by atoms with Crippen LogP contribution in [0.25, 0.3) is 0 Å². The van der Waals surface area contributed by atoms with E-state index in [0.717, 1.165) is 16.7 Å². The van der Waals surface area contributed by atoms with Crippen molar-refractivity contribution in [2.75, 3.05) is 5.75 Å². The van der Waals surface area contributed by atoms with E-state index in [1.54, 1.807) is 27.7 Å². The quantitative estimate of drug-likeness (QED) is 0.244. The Labute approximate surface area is 228 Å². The van der Waals surface area contributed by atoms with Crippen molar-refractivity contribution in [3.05, 3.63) is 108 Å². The van der Waals surface area contributed by atoms with Gasteiger partial charge < -0.3 is 15.2 Å². The topological polar surface area (TPSA) is 92.7 Å². The van der Waals surface area contributed by atoms with Crippen LogP contribution in [0.3, 0.4) is 0 Å². The Morgan fingerprint density at radius 1 is 0.816 bits per heavy atom. The van der Waals surface area contributed by atoms with E-state index in [9.17, 15) is 19.5 Å². The van der Waals surface area contributed by atoms with Crippen LogP contribution in [0.4, 0.5) is 0 Å². The molecule has 1 unspecified atom stereocenters. The molecule has 3 aromatic carbocycles. The molecule has 200 valence electrons. The molecule has 0 aliphatic heterocycles. The van der Waals surface area contributed by atoms with Gasteiger partial charge in [-0.15, -0.1) is 11.8 Å². The highest BCUT2D eigenvalue weighted by Gasteiger charge is 2.38. The summed E-state index contributed by atoms with van der Waals surface area (Å²) in [6.45, 7) is 6.86. The Hall–Kier alpha value is -3.58. The normalized spacial score (nSPS) is 13.3. The number of esters is 1. The zero-order valence-corrected chi connectivity index (χ0v) is 23.0. The lowest BCUT2D eigenvalue weighted by atomic mass is 9.84. The van der Waals surface area contributed by atoms with Gasteiger partial charge in [0.05, 0.1) is 11.2 Å². The van der Waals surface area contributed by atoms with Gasteiger partial charge in [-0.05, 0) is 37.5 Å². The number of carboxylic acid groups (broad SMARTS) is 1. The highest BCUT2D eigenvalue weighted by atomic mass is 32.2. The third-order valence-corrected chi connectivity index (χ3v) is 7.60. The molecule has 0 fully saturated rings. The Balaban J connectivity index is 1.90. The Kier molecular flexibility index (Phi) is 9.75. The number of carbonyl (C=O) groups is 3. The average molecular weight is 534 g/mol. The molecule has 0 saturated heterocycles. The van der Waals surface area contributed by atoms with Gasteiger partial charge in [-0.3, -0.25) is 9.59 Å². The zero-order chi connectivity index (χ0) is 27.8. The molecular weight excluding hydrogens is 498 g/mol. The fraction of sp³-hybridized carbons (Fsp3) is 0.323. The minimum atomic E-state index is -1.16. The van der Waals surface area contributed by atoms with Crippen molar-refractivity contribution in [3.63, 3.8) is 0 Å². The second kappa shape index (κ2) is 12.8. The van der Waals surface area contributed by atoms with Gasteiger partial charge in [0.1, 0.15) is 11.6 Å². The molecule has 2 atom stereocenters. The van der Waals surface area contributed by atoms with Crippen molar-refractivity contribution in [1.82, 2.24) is 5.32 Å². The second-order valence-electron chi connectivity index (χ2n) is 10.2. The molecule has 0 aliphatic carbocycles. The van der Waals surface area contributed by atoms with Crippen LogP contribution >= 0.6 is 11.8 Å². The largest absolute Gasteiger partial charge is 0.480 e. The summed E-state index contributed by atoms with van der Waals surface area (Å²) in [5, 5.41) is 12.7. The van der Waals surface area contributed by atoms with Crippen molar-refractivity contribution in [3.8, 4) is 0 Å².